The van der Waals surface area contributed by atoms with Crippen LogP contribution in [0.3, 0.4) is 0 Å². The number of carbonyl (C=O) groups is 1. The van der Waals surface area contributed by atoms with Gasteiger partial charge in [0.15, 0.2) is 5.78 Å². The highest BCUT2D eigenvalue weighted by molar-refractivity contribution is 6.41. The lowest BCUT2D eigenvalue weighted by molar-refractivity contribution is -0.384. The van der Waals surface area contributed by atoms with Gasteiger partial charge in [0, 0.05) is 12.5 Å². The van der Waals surface area contributed by atoms with Crippen LogP contribution in [0.2, 0.25) is 10.0 Å². The van der Waals surface area contributed by atoms with Crippen LogP contribution in [0, 0.1) is 10.1 Å². The quantitative estimate of drug-likeness (QED) is 0.480. The highest BCUT2D eigenvalue weighted by Gasteiger charge is 2.23. The Morgan fingerprint density at radius 3 is 2.35 bits per heavy atom. The molecule has 4 nitrogen and oxygen atoms in total. The van der Waals surface area contributed by atoms with Gasteiger partial charge in [-0.15, -0.1) is 0 Å². The van der Waals surface area contributed by atoms with Gasteiger partial charge in [-0.05, 0) is 11.6 Å². The van der Waals surface area contributed by atoms with Crippen molar-refractivity contribution in [1.82, 2.24) is 0 Å². The highest BCUT2D eigenvalue weighted by Crippen LogP contribution is 2.33. The fraction of sp³-hybridized carbons (Fsp3) is 0.0714. The molecule has 0 aliphatic rings. The Kier molecular flexibility index (Phi) is 4.37. The summed E-state index contributed by atoms with van der Waals surface area (Å²) in [5.74, 6) is -0.352. The summed E-state index contributed by atoms with van der Waals surface area (Å²) >= 11 is 11.9. The molecule has 0 spiro atoms. The van der Waals surface area contributed by atoms with Crippen LogP contribution < -0.4 is 0 Å². The van der Waals surface area contributed by atoms with E-state index in [1.807, 2.05) is 6.07 Å². The topological polar surface area (TPSA) is 60.2 Å². The molecule has 0 fully saturated rings. The number of halogens is 2. The minimum Gasteiger partial charge on any atom is -0.294 e. The molecule has 2 aromatic rings. The minimum atomic E-state index is -0.641. The van der Waals surface area contributed by atoms with Crippen molar-refractivity contribution >= 4 is 34.7 Å². The Morgan fingerprint density at radius 1 is 1.10 bits per heavy atom. The Balaban J connectivity index is 2.39. The average molecular weight is 310 g/mol. The first-order valence-corrected chi connectivity index (χ1v) is 6.46. The van der Waals surface area contributed by atoms with Crippen molar-refractivity contribution in [3.05, 3.63) is 73.8 Å². The molecule has 0 saturated heterocycles. The first kappa shape index (κ1) is 14.5. The van der Waals surface area contributed by atoms with Crippen molar-refractivity contribution in [2.75, 3.05) is 0 Å². The molecular weight excluding hydrogens is 301 g/mol. The smallest absolute Gasteiger partial charge is 0.288 e. The zero-order chi connectivity index (χ0) is 14.7. The second-order valence-electron chi connectivity index (χ2n) is 4.10. The largest absolute Gasteiger partial charge is 0.294 e. The van der Waals surface area contributed by atoms with E-state index in [9.17, 15) is 14.9 Å². The van der Waals surface area contributed by atoms with Crippen LogP contribution in [-0.4, -0.2) is 10.7 Å². The summed E-state index contributed by atoms with van der Waals surface area (Å²) in [6.07, 6.45) is 0.0848. The van der Waals surface area contributed by atoms with Crippen molar-refractivity contribution in [1.29, 1.82) is 0 Å². The van der Waals surface area contributed by atoms with Gasteiger partial charge < -0.3 is 0 Å². The van der Waals surface area contributed by atoms with Crippen LogP contribution in [-0.2, 0) is 6.42 Å². The molecule has 6 heteroatoms. The molecule has 0 N–H and O–H groups in total. The summed E-state index contributed by atoms with van der Waals surface area (Å²) in [7, 11) is 0. The third kappa shape index (κ3) is 2.98. The third-order valence-corrected chi connectivity index (χ3v) is 3.45. The Morgan fingerprint density at radius 2 is 1.75 bits per heavy atom. The van der Waals surface area contributed by atoms with E-state index in [0.29, 0.717) is 0 Å². The Hall–Kier alpha value is -1.91. The standard InChI is InChI=1S/C14H9Cl2NO3/c15-10-6-7-11(17(19)20)14(16)13(10)12(18)8-9-4-2-1-3-5-9/h1-7H,8H2. The molecule has 0 amide bonds. The van der Waals surface area contributed by atoms with Crippen LogP contribution in [0.15, 0.2) is 42.5 Å². The lowest BCUT2D eigenvalue weighted by Gasteiger charge is -2.06. The number of hydrogen-bond donors (Lipinski definition) is 0. The molecule has 0 bridgehead atoms. The predicted octanol–water partition coefficient (Wildman–Crippen LogP) is 4.33. The monoisotopic (exact) mass is 309 g/mol. The van der Waals surface area contributed by atoms with Crippen LogP contribution in [0.25, 0.3) is 0 Å². The van der Waals surface area contributed by atoms with Gasteiger partial charge in [0.05, 0.1) is 15.5 Å². The second-order valence-corrected chi connectivity index (χ2v) is 4.88. The van der Waals surface area contributed by atoms with Gasteiger partial charge in [0.25, 0.3) is 5.69 Å². The number of nitro benzene ring substituents is 1. The molecule has 102 valence electrons. The van der Waals surface area contributed by atoms with E-state index < -0.39 is 4.92 Å². The summed E-state index contributed by atoms with van der Waals surface area (Å²) in [5, 5.41) is 10.7. The summed E-state index contributed by atoms with van der Waals surface area (Å²) in [5.41, 5.74) is 0.454. The number of ketones is 1. The fourth-order valence-electron chi connectivity index (χ4n) is 1.81. The lowest BCUT2D eigenvalue weighted by atomic mass is 10.0. The van der Waals surface area contributed by atoms with Crippen molar-refractivity contribution in [2.24, 2.45) is 0 Å². The van der Waals surface area contributed by atoms with E-state index in [2.05, 4.69) is 0 Å². The van der Waals surface area contributed by atoms with E-state index in [1.54, 1.807) is 24.3 Å². The van der Waals surface area contributed by atoms with Crippen molar-refractivity contribution in [3.8, 4) is 0 Å². The fourth-order valence-corrected chi connectivity index (χ4v) is 2.46. The number of carbonyl (C=O) groups excluding carboxylic acids is 1. The number of nitro groups is 1. The molecule has 0 saturated carbocycles. The molecule has 0 heterocycles. The normalized spacial score (nSPS) is 10.3. The molecule has 0 aromatic heterocycles. The summed E-state index contributed by atoms with van der Waals surface area (Å²) in [4.78, 5) is 22.4. The SMILES string of the molecule is O=C(Cc1ccccc1)c1c(Cl)ccc([N+](=O)[O-])c1Cl. The maximum atomic E-state index is 12.2. The zero-order valence-electron chi connectivity index (χ0n) is 10.2. The number of rotatable bonds is 4. The molecule has 2 aromatic carbocycles. The molecule has 0 aliphatic carbocycles. The highest BCUT2D eigenvalue weighted by atomic mass is 35.5. The predicted molar refractivity (Wildman–Crippen MR) is 77.6 cm³/mol. The third-order valence-electron chi connectivity index (χ3n) is 2.75. The summed E-state index contributed by atoms with van der Waals surface area (Å²) in [6.45, 7) is 0. The molecule has 2 rings (SSSR count). The maximum absolute atomic E-state index is 12.2. The van der Waals surface area contributed by atoms with Gasteiger partial charge in [-0.25, -0.2) is 0 Å². The second kappa shape index (κ2) is 6.03. The molecule has 0 aliphatic heterocycles. The van der Waals surface area contributed by atoms with Gasteiger partial charge in [-0.1, -0.05) is 53.5 Å². The number of hydrogen-bond acceptors (Lipinski definition) is 3. The minimum absolute atomic E-state index is 0.00798. The van der Waals surface area contributed by atoms with E-state index in [-0.39, 0.29) is 33.5 Å². The molecule has 0 radical (unpaired) electrons. The first-order valence-electron chi connectivity index (χ1n) is 5.70. The van der Waals surface area contributed by atoms with E-state index >= 15 is 0 Å². The van der Waals surface area contributed by atoms with Gasteiger partial charge >= 0.3 is 0 Å². The van der Waals surface area contributed by atoms with Crippen LogP contribution >= 0.6 is 23.2 Å². The summed E-state index contributed by atoms with van der Waals surface area (Å²) < 4.78 is 0. The molecule has 0 atom stereocenters. The Bertz CT molecular complexity index is 672. The van der Waals surface area contributed by atoms with Gasteiger partial charge in [-0.2, -0.15) is 0 Å². The number of benzene rings is 2. The number of Topliss-reactive ketones (excluding diaryl/α,β-unsaturated/α-hetero) is 1. The van der Waals surface area contributed by atoms with Crippen molar-refractivity contribution in [3.63, 3.8) is 0 Å². The van der Waals surface area contributed by atoms with E-state index in [0.717, 1.165) is 5.56 Å². The van der Waals surface area contributed by atoms with Crippen molar-refractivity contribution < 1.29 is 9.72 Å². The van der Waals surface area contributed by atoms with E-state index in [4.69, 9.17) is 23.2 Å². The summed E-state index contributed by atoms with van der Waals surface area (Å²) in [6, 6.07) is 11.5. The maximum Gasteiger partial charge on any atom is 0.288 e. The van der Waals surface area contributed by atoms with Gasteiger partial charge in [0.2, 0.25) is 0 Å². The van der Waals surface area contributed by atoms with Crippen molar-refractivity contribution in [2.45, 2.75) is 6.42 Å². The van der Waals surface area contributed by atoms with Gasteiger partial charge in [0.1, 0.15) is 5.02 Å². The van der Waals surface area contributed by atoms with Crippen LogP contribution in [0.4, 0.5) is 5.69 Å². The van der Waals surface area contributed by atoms with Crippen LogP contribution in [0.1, 0.15) is 15.9 Å². The van der Waals surface area contributed by atoms with E-state index in [1.165, 1.54) is 12.1 Å². The molecule has 0 unspecified atom stereocenters. The average Bonchev–Trinajstić information content (AvgIpc) is 2.39. The zero-order valence-corrected chi connectivity index (χ0v) is 11.7. The first-order chi connectivity index (χ1) is 9.50. The van der Waals surface area contributed by atoms with Crippen LogP contribution in [0.5, 0.6) is 0 Å². The Labute approximate surface area is 125 Å². The van der Waals surface area contributed by atoms with Gasteiger partial charge in [-0.3, -0.25) is 14.9 Å². The number of nitrogens with zero attached hydrogens (tertiary/aromatic N) is 1. The molecule has 20 heavy (non-hydrogen) atoms. The lowest BCUT2D eigenvalue weighted by Crippen LogP contribution is -2.06. The molecular formula is C14H9Cl2NO3.